The maximum Gasteiger partial charge on any atom is 0.251 e. The van der Waals surface area contributed by atoms with Crippen molar-refractivity contribution in [3.63, 3.8) is 0 Å². The molecule has 4 aromatic rings. The number of nitrogen functional groups attached to an aromatic ring is 1. The number of aryl methyl sites for hydroxylation is 1. The van der Waals surface area contributed by atoms with E-state index >= 15 is 0 Å². The van der Waals surface area contributed by atoms with Crippen LogP contribution in [0.2, 0.25) is 5.02 Å². The van der Waals surface area contributed by atoms with E-state index in [1.807, 2.05) is 25.1 Å². The summed E-state index contributed by atoms with van der Waals surface area (Å²) in [5, 5.41) is 8.21. The lowest BCUT2D eigenvalue weighted by Crippen LogP contribution is -2.42. The zero-order valence-corrected chi connectivity index (χ0v) is 20.9. The van der Waals surface area contributed by atoms with Crippen LogP contribution in [0.4, 0.5) is 11.6 Å². The summed E-state index contributed by atoms with van der Waals surface area (Å²) in [4.78, 5) is 25.3. The van der Waals surface area contributed by atoms with E-state index in [4.69, 9.17) is 22.3 Å². The van der Waals surface area contributed by atoms with Gasteiger partial charge < -0.3 is 21.4 Å². The molecule has 1 fully saturated rings. The van der Waals surface area contributed by atoms with Gasteiger partial charge in [0.1, 0.15) is 0 Å². The molecule has 1 amide bonds. The summed E-state index contributed by atoms with van der Waals surface area (Å²) >= 11 is 6.53. The maximum absolute atomic E-state index is 12.6. The first-order valence-corrected chi connectivity index (χ1v) is 11.9. The molecule has 182 valence electrons. The number of aromatic nitrogens is 3. The second-order valence-electron chi connectivity index (χ2n) is 8.86. The van der Waals surface area contributed by atoms with Crippen molar-refractivity contribution >= 4 is 52.5 Å². The van der Waals surface area contributed by atoms with Gasteiger partial charge in [0.05, 0.1) is 16.9 Å². The number of halogens is 2. The highest BCUT2D eigenvalue weighted by Crippen LogP contribution is 2.35. The molecular weight excluding hydrogens is 483 g/mol. The van der Waals surface area contributed by atoms with Crippen LogP contribution in [0.25, 0.3) is 22.2 Å². The Morgan fingerprint density at radius 2 is 1.86 bits per heavy atom. The van der Waals surface area contributed by atoms with Gasteiger partial charge in [-0.15, -0.1) is 12.4 Å². The van der Waals surface area contributed by atoms with Crippen LogP contribution in [0.3, 0.4) is 0 Å². The SMILES string of the molecule is Cc1[nH]c2ccccc2c1-c1nc(N[C@@H]2CCC[C@H](NC(=O)c3ccc(N)cc3)C2)ncc1Cl.Cl. The standard InChI is InChI=1S/C26H27ClN6O.ClH/c1-15-23(20-7-2-3-8-22(20)30-15)24-21(27)14-29-26(33-24)32-19-6-4-5-18(13-19)31-25(34)16-9-11-17(28)12-10-16;/h2-3,7-12,14,18-19,30H,4-6,13,28H2,1H3,(H,31,34)(H,29,32,33);1H/t18-,19+;/m0./s1. The third-order valence-corrected chi connectivity index (χ3v) is 6.67. The van der Waals surface area contributed by atoms with E-state index in [-0.39, 0.29) is 30.4 Å². The highest BCUT2D eigenvalue weighted by molar-refractivity contribution is 6.33. The Kier molecular flexibility index (Phi) is 7.48. The molecular formula is C26H28Cl2N6O. The minimum atomic E-state index is -0.0782. The predicted octanol–water partition coefficient (Wildman–Crippen LogP) is 5.74. The lowest BCUT2D eigenvalue weighted by atomic mass is 9.91. The van der Waals surface area contributed by atoms with Crippen LogP contribution in [-0.2, 0) is 0 Å². The van der Waals surface area contributed by atoms with Gasteiger partial charge >= 0.3 is 0 Å². The number of para-hydroxylation sites is 1. The van der Waals surface area contributed by atoms with Gasteiger partial charge in [0, 0.05) is 45.5 Å². The highest BCUT2D eigenvalue weighted by Gasteiger charge is 2.25. The molecule has 0 radical (unpaired) electrons. The second kappa shape index (κ2) is 10.5. The van der Waals surface area contributed by atoms with Gasteiger partial charge in [-0.3, -0.25) is 4.79 Å². The zero-order chi connectivity index (χ0) is 23.7. The van der Waals surface area contributed by atoms with Crippen LogP contribution >= 0.6 is 24.0 Å². The van der Waals surface area contributed by atoms with E-state index in [0.717, 1.165) is 47.8 Å². The molecule has 7 nitrogen and oxygen atoms in total. The molecule has 1 aliphatic rings. The fourth-order valence-corrected chi connectivity index (χ4v) is 4.92. The smallest absolute Gasteiger partial charge is 0.251 e. The first-order chi connectivity index (χ1) is 16.5. The number of nitrogens with zero attached hydrogens (tertiary/aromatic N) is 2. The van der Waals surface area contributed by atoms with Gasteiger partial charge in [-0.1, -0.05) is 29.8 Å². The van der Waals surface area contributed by atoms with Gasteiger partial charge in [-0.2, -0.15) is 0 Å². The molecule has 0 aliphatic heterocycles. The third-order valence-electron chi connectivity index (χ3n) is 6.39. The van der Waals surface area contributed by atoms with E-state index in [9.17, 15) is 4.79 Å². The fourth-order valence-electron chi connectivity index (χ4n) is 4.73. The summed E-state index contributed by atoms with van der Waals surface area (Å²) in [6.07, 6.45) is 5.39. The first-order valence-electron chi connectivity index (χ1n) is 11.5. The third kappa shape index (κ3) is 5.36. The van der Waals surface area contributed by atoms with Crippen LogP contribution < -0.4 is 16.4 Å². The van der Waals surface area contributed by atoms with Crippen molar-refractivity contribution in [3.8, 4) is 11.3 Å². The largest absolute Gasteiger partial charge is 0.399 e. The van der Waals surface area contributed by atoms with Crippen LogP contribution in [0, 0.1) is 6.92 Å². The lowest BCUT2D eigenvalue weighted by molar-refractivity contribution is 0.0926. The number of H-pyrrole nitrogens is 1. The molecule has 1 saturated carbocycles. The van der Waals surface area contributed by atoms with E-state index in [0.29, 0.717) is 27.9 Å². The molecule has 2 aromatic heterocycles. The number of aromatic amines is 1. The average Bonchev–Trinajstić information content (AvgIpc) is 3.16. The molecule has 2 atom stereocenters. The van der Waals surface area contributed by atoms with Crippen molar-refractivity contribution in [2.45, 2.75) is 44.7 Å². The summed E-state index contributed by atoms with van der Waals surface area (Å²) in [5.74, 6) is 0.463. The summed E-state index contributed by atoms with van der Waals surface area (Å²) in [6.45, 7) is 2.02. The Bertz CT molecular complexity index is 1340. The van der Waals surface area contributed by atoms with Crippen LogP contribution in [0.5, 0.6) is 0 Å². The summed E-state index contributed by atoms with van der Waals surface area (Å²) < 4.78 is 0. The van der Waals surface area contributed by atoms with Gasteiger partial charge in [-0.05, 0) is 62.9 Å². The van der Waals surface area contributed by atoms with Crippen LogP contribution in [-0.4, -0.2) is 32.9 Å². The van der Waals surface area contributed by atoms with E-state index < -0.39 is 0 Å². The number of nitrogens with one attached hydrogen (secondary N) is 3. The van der Waals surface area contributed by atoms with E-state index in [1.54, 1.807) is 30.5 Å². The first kappa shape index (κ1) is 24.8. The quantitative estimate of drug-likeness (QED) is 0.256. The number of rotatable bonds is 5. The second-order valence-corrected chi connectivity index (χ2v) is 9.27. The predicted molar refractivity (Wildman–Crippen MR) is 144 cm³/mol. The molecule has 0 unspecified atom stereocenters. The van der Waals surface area contributed by atoms with Crippen molar-refractivity contribution in [1.82, 2.24) is 20.3 Å². The normalized spacial score (nSPS) is 17.5. The fraction of sp³-hybridized carbons (Fsp3) is 0.269. The molecule has 9 heteroatoms. The summed E-state index contributed by atoms with van der Waals surface area (Å²) in [6, 6.07) is 15.3. The Balaban J connectivity index is 0.00000289. The zero-order valence-electron chi connectivity index (χ0n) is 19.3. The number of carbonyl (C=O) groups excluding carboxylic acids is 1. The minimum Gasteiger partial charge on any atom is -0.399 e. The number of benzene rings is 2. The average molecular weight is 511 g/mol. The summed E-state index contributed by atoms with van der Waals surface area (Å²) in [7, 11) is 0. The van der Waals surface area contributed by atoms with Crippen molar-refractivity contribution in [3.05, 3.63) is 71.0 Å². The van der Waals surface area contributed by atoms with Gasteiger partial charge in [0.2, 0.25) is 5.95 Å². The molecule has 1 aliphatic carbocycles. The number of fused-ring (bicyclic) bond motifs is 1. The van der Waals surface area contributed by atoms with Crippen LogP contribution in [0.1, 0.15) is 41.7 Å². The number of hydrogen-bond acceptors (Lipinski definition) is 5. The maximum atomic E-state index is 12.6. The molecule has 0 spiro atoms. The van der Waals surface area contributed by atoms with Crippen molar-refractivity contribution < 1.29 is 4.79 Å². The molecule has 35 heavy (non-hydrogen) atoms. The number of anilines is 2. The molecule has 5 N–H and O–H groups in total. The van der Waals surface area contributed by atoms with E-state index in [1.165, 1.54) is 0 Å². The highest BCUT2D eigenvalue weighted by atomic mass is 35.5. The Hall–Kier alpha value is -3.29. The van der Waals surface area contributed by atoms with Crippen molar-refractivity contribution in [2.75, 3.05) is 11.1 Å². The number of amides is 1. The number of carbonyl (C=O) groups is 1. The van der Waals surface area contributed by atoms with Gasteiger partial charge in [0.15, 0.2) is 0 Å². The van der Waals surface area contributed by atoms with Crippen molar-refractivity contribution in [2.24, 2.45) is 0 Å². The molecule has 2 aromatic carbocycles. The topological polar surface area (TPSA) is 109 Å². The Morgan fingerprint density at radius 3 is 2.66 bits per heavy atom. The molecule has 0 bridgehead atoms. The van der Waals surface area contributed by atoms with Crippen molar-refractivity contribution in [1.29, 1.82) is 0 Å². The Morgan fingerprint density at radius 1 is 1.11 bits per heavy atom. The Labute approximate surface area is 215 Å². The number of nitrogens with two attached hydrogens (primary N) is 1. The lowest BCUT2D eigenvalue weighted by Gasteiger charge is -2.30. The van der Waals surface area contributed by atoms with Gasteiger partial charge in [-0.25, -0.2) is 9.97 Å². The monoisotopic (exact) mass is 510 g/mol. The minimum absolute atomic E-state index is 0. The molecule has 5 rings (SSSR count). The van der Waals surface area contributed by atoms with E-state index in [2.05, 4.69) is 26.7 Å². The summed E-state index contributed by atoms with van der Waals surface area (Å²) in [5.41, 5.74) is 10.7. The van der Waals surface area contributed by atoms with Crippen LogP contribution in [0.15, 0.2) is 54.7 Å². The number of hydrogen-bond donors (Lipinski definition) is 4. The molecule has 0 saturated heterocycles. The van der Waals surface area contributed by atoms with Gasteiger partial charge in [0.25, 0.3) is 5.91 Å². The molecule has 2 heterocycles.